The Balaban J connectivity index is 1.49. The van der Waals surface area contributed by atoms with Crippen LogP contribution in [0.15, 0.2) is 42.5 Å². The van der Waals surface area contributed by atoms with Crippen molar-refractivity contribution in [3.63, 3.8) is 0 Å². The predicted molar refractivity (Wildman–Crippen MR) is 95.8 cm³/mol. The number of aliphatic hydroxyl groups is 1. The minimum absolute atomic E-state index is 0.265. The van der Waals surface area contributed by atoms with Crippen LogP contribution in [0, 0.1) is 5.82 Å². The van der Waals surface area contributed by atoms with Crippen LogP contribution in [-0.4, -0.2) is 24.2 Å². The summed E-state index contributed by atoms with van der Waals surface area (Å²) in [6.45, 7) is 2.44. The standard InChI is InChI=1S/C19H22ClFN2O/c20-16-2-4-18(5-3-16)23-9-7-17(8-10-23)22-12-14-1-6-19(21)15(11-14)13-24/h1-6,11,17,22,24H,7-10,12-13H2. The Morgan fingerprint density at radius 2 is 1.83 bits per heavy atom. The van der Waals surface area contributed by atoms with Crippen LogP contribution in [0.2, 0.25) is 5.02 Å². The molecule has 0 atom stereocenters. The maximum atomic E-state index is 13.4. The van der Waals surface area contributed by atoms with Gasteiger partial charge in [-0.1, -0.05) is 17.7 Å². The second kappa shape index (κ2) is 7.97. The summed E-state index contributed by atoms with van der Waals surface area (Å²) in [5.74, 6) is -0.350. The third-order valence-corrected chi connectivity index (χ3v) is 4.81. The molecule has 0 spiro atoms. The normalized spacial score (nSPS) is 15.7. The van der Waals surface area contributed by atoms with Crippen LogP contribution < -0.4 is 10.2 Å². The van der Waals surface area contributed by atoms with Crippen LogP contribution in [-0.2, 0) is 13.2 Å². The Morgan fingerprint density at radius 1 is 1.12 bits per heavy atom. The Labute approximate surface area is 147 Å². The number of piperidine rings is 1. The minimum atomic E-state index is -0.350. The molecule has 2 aromatic rings. The first-order chi connectivity index (χ1) is 11.7. The molecule has 0 amide bonds. The number of nitrogens with one attached hydrogen (secondary N) is 1. The highest BCUT2D eigenvalue weighted by molar-refractivity contribution is 6.30. The van der Waals surface area contributed by atoms with E-state index in [1.54, 1.807) is 12.1 Å². The zero-order chi connectivity index (χ0) is 16.9. The number of anilines is 1. The molecular formula is C19H22ClFN2O. The molecule has 1 aliphatic heterocycles. The van der Waals surface area contributed by atoms with Crippen LogP contribution >= 0.6 is 11.6 Å². The molecule has 3 rings (SSSR count). The van der Waals surface area contributed by atoms with Crippen molar-refractivity contribution in [3.05, 3.63) is 64.4 Å². The van der Waals surface area contributed by atoms with Crippen molar-refractivity contribution < 1.29 is 9.50 Å². The van der Waals surface area contributed by atoms with Crippen LogP contribution in [0.1, 0.15) is 24.0 Å². The van der Waals surface area contributed by atoms with E-state index in [1.165, 1.54) is 11.8 Å². The monoisotopic (exact) mass is 348 g/mol. The molecule has 0 aliphatic carbocycles. The van der Waals surface area contributed by atoms with E-state index in [-0.39, 0.29) is 12.4 Å². The first kappa shape index (κ1) is 17.2. The molecule has 0 radical (unpaired) electrons. The van der Waals surface area contributed by atoms with Gasteiger partial charge in [0.05, 0.1) is 6.61 Å². The zero-order valence-corrected chi connectivity index (χ0v) is 14.3. The van der Waals surface area contributed by atoms with E-state index in [2.05, 4.69) is 22.3 Å². The molecule has 3 nitrogen and oxygen atoms in total. The third kappa shape index (κ3) is 4.26. The quantitative estimate of drug-likeness (QED) is 0.864. The molecule has 0 unspecified atom stereocenters. The fraction of sp³-hybridized carbons (Fsp3) is 0.368. The number of benzene rings is 2. The second-order valence-corrected chi connectivity index (χ2v) is 6.64. The van der Waals surface area contributed by atoms with Crippen molar-refractivity contribution in [1.29, 1.82) is 0 Å². The Morgan fingerprint density at radius 3 is 2.50 bits per heavy atom. The highest BCUT2D eigenvalue weighted by atomic mass is 35.5. The van der Waals surface area contributed by atoms with Crippen LogP contribution in [0.5, 0.6) is 0 Å². The van der Waals surface area contributed by atoms with Gasteiger partial charge in [-0.15, -0.1) is 0 Å². The molecule has 0 bridgehead atoms. The van der Waals surface area contributed by atoms with Crippen LogP contribution in [0.4, 0.5) is 10.1 Å². The molecule has 2 aromatic carbocycles. The Bertz CT molecular complexity index is 670. The molecule has 1 aliphatic rings. The van der Waals surface area contributed by atoms with Crippen molar-refractivity contribution in [2.75, 3.05) is 18.0 Å². The van der Waals surface area contributed by atoms with Gasteiger partial charge in [-0.2, -0.15) is 0 Å². The smallest absolute Gasteiger partial charge is 0.128 e. The number of hydrogen-bond acceptors (Lipinski definition) is 3. The lowest BCUT2D eigenvalue weighted by Crippen LogP contribution is -2.42. The third-order valence-electron chi connectivity index (χ3n) is 4.56. The second-order valence-electron chi connectivity index (χ2n) is 6.20. The molecule has 5 heteroatoms. The van der Waals surface area contributed by atoms with E-state index >= 15 is 0 Å². The molecule has 1 heterocycles. The van der Waals surface area contributed by atoms with Crippen molar-refractivity contribution >= 4 is 17.3 Å². The molecule has 128 valence electrons. The first-order valence-corrected chi connectivity index (χ1v) is 8.65. The summed E-state index contributed by atoms with van der Waals surface area (Å²) < 4.78 is 13.4. The van der Waals surface area contributed by atoms with E-state index in [0.29, 0.717) is 18.2 Å². The maximum Gasteiger partial charge on any atom is 0.128 e. The Kier molecular flexibility index (Phi) is 5.72. The van der Waals surface area contributed by atoms with Crippen molar-refractivity contribution in [2.24, 2.45) is 0 Å². The summed E-state index contributed by atoms with van der Waals surface area (Å²) >= 11 is 5.94. The average Bonchev–Trinajstić information content (AvgIpc) is 2.62. The molecule has 0 saturated carbocycles. The SMILES string of the molecule is OCc1cc(CNC2CCN(c3ccc(Cl)cc3)CC2)ccc1F. The van der Waals surface area contributed by atoms with E-state index < -0.39 is 0 Å². The summed E-state index contributed by atoms with van der Waals surface area (Å²) in [4.78, 5) is 2.37. The fourth-order valence-electron chi connectivity index (χ4n) is 3.12. The van der Waals surface area contributed by atoms with Gasteiger partial charge in [0.1, 0.15) is 5.82 Å². The maximum absolute atomic E-state index is 13.4. The fourth-order valence-corrected chi connectivity index (χ4v) is 3.24. The van der Waals surface area contributed by atoms with Gasteiger partial charge in [0.2, 0.25) is 0 Å². The lowest BCUT2D eigenvalue weighted by molar-refractivity contribution is 0.275. The molecule has 2 N–H and O–H groups in total. The molecular weight excluding hydrogens is 327 g/mol. The van der Waals surface area contributed by atoms with Gasteiger partial charge in [-0.25, -0.2) is 4.39 Å². The Hall–Kier alpha value is -1.62. The number of aliphatic hydroxyl groups excluding tert-OH is 1. The van der Waals surface area contributed by atoms with E-state index in [9.17, 15) is 4.39 Å². The van der Waals surface area contributed by atoms with Crippen molar-refractivity contribution in [2.45, 2.75) is 32.0 Å². The highest BCUT2D eigenvalue weighted by Crippen LogP contribution is 2.22. The number of rotatable bonds is 5. The van der Waals surface area contributed by atoms with Crippen molar-refractivity contribution in [3.8, 4) is 0 Å². The van der Waals surface area contributed by atoms with E-state index in [0.717, 1.165) is 36.5 Å². The average molecular weight is 349 g/mol. The van der Waals surface area contributed by atoms with Gasteiger partial charge in [-0.05, 0) is 54.8 Å². The molecule has 1 saturated heterocycles. The minimum Gasteiger partial charge on any atom is -0.392 e. The van der Waals surface area contributed by atoms with Gasteiger partial charge in [0, 0.05) is 41.9 Å². The van der Waals surface area contributed by atoms with Gasteiger partial charge < -0.3 is 15.3 Å². The summed E-state index contributed by atoms with van der Waals surface area (Å²) in [7, 11) is 0. The lowest BCUT2D eigenvalue weighted by atomic mass is 10.0. The number of halogens is 2. The summed E-state index contributed by atoms with van der Waals surface area (Å²) in [5, 5.41) is 13.4. The molecule has 24 heavy (non-hydrogen) atoms. The summed E-state index contributed by atoms with van der Waals surface area (Å²) in [6.07, 6.45) is 2.13. The highest BCUT2D eigenvalue weighted by Gasteiger charge is 2.19. The van der Waals surface area contributed by atoms with Crippen molar-refractivity contribution in [1.82, 2.24) is 5.32 Å². The van der Waals surface area contributed by atoms with Crippen LogP contribution in [0.25, 0.3) is 0 Å². The van der Waals surface area contributed by atoms with Gasteiger partial charge in [0.15, 0.2) is 0 Å². The van der Waals surface area contributed by atoms with E-state index in [1.807, 2.05) is 12.1 Å². The van der Waals surface area contributed by atoms with Gasteiger partial charge in [-0.3, -0.25) is 0 Å². The van der Waals surface area contributed by atoms with E-state index in [4.69, 9.17) is 16.7 Å². The van der Waals surface area contributed by atoms with Gasteiger partial charge in [0.25, 0.3) is 0 Å². The molecule has 1 fully saturated rings. The van der Waals surface area contributed by atoms with Crippen LogP contribution in [0.3, 0.4) is 0 Å². The van der Waals surface area contributed by atoms with Gasteiger partial charge >= 0.3 is 0 Å². The lowest BCUT2D eigenvalue weighted by Gasteiger charge is -2.34. The molecule has 0 aromatic heterocycles. The summed E-state index contributed by atoms with van der Waals surface area (Å²) in [5.41, 5.74) is 2.57. The predicted octanol–water partition coefficient (Wildman–Crippen LogP) is 3.73. The topological polar surface area (TPSA) is 35.5 Å². The first-order valence-electron chi connectivity index (χ1n) is 8.28. The number of hydrogen-bond donors (Lipinski definition) is 2. The summed E-state index contributed by atoms with van der Waals surface area (Å²) in [6, 6.07) is 13.3. The largest absolute Gasteiger partial charge is 0.392 e. The zero-order valence-electron chi connectivity index (χ0n) is 13.5. The number of nitrogens with zero attached hydrogens (tertiary/aromatic N) is 1.